The lowest BCUT2D eigenvalue weighted by molar-refractivity contribution is 0.474. The van der Waals surface area contributed by atoms with Crippen molar-refractivity contribution in [2.75, 3.05) is 5.32 Å². The van der Waals surface area contributed by atoms with Crippen LogP contribution < -0.4 is 10.7 Å². The van der Waals surface area contributed by atoms with E-state index in [4.69, 9.17) is 35.4 Å². The first-order valence-electron chi connectivity index (χ1n) is 6.73. The molecule has 7 heteroatoms. The number of anilines is 1. The van der Waals surface area contributed by atoms with E-state index in [2.05, 4.69) is 15.8 Å². The SMILES string of the molecule is C/C(=N\NC(=S)Nc1cccc(Cl)c1C)c1cc(Cl)ccc1O. The summed E-state index contributed by atoms with van der Waals surface area (Å²) in [5.41, 5.74) is 5.51. The van der Waals surface area contributed by atoms with Crippen molar-refractivity contribution in [3.63, 3.8) is 0 Å². The van der Waals surface area contributed by atoms with Gasteiger partial charge in [0.2, 0.25) is 0 Å². The highest BCUT2D eigenvalue weighted by Gasteiger charge is 2.07. The van der Waals surface area contributed by atoms with E-state index < -0.39 is 0 Å². The monoisotopic (exact) mass is 367 g/mol. The van der Waals surface area contributed by atoms with Gasteiger partial charge in [0.15, 0.2) is 5.11 Å². The van der Waals surface area contributed by atoms with Gasteiger partial charge in [0.1, 0.15) is 5.75 Å². The van der Waals surface area contributed by atoms with Crippen LogP contribution >= 0.6 is 35.4 Å². The molecule has 0 aromatic heterocycles. The third-order valence-corrected chi connectivity index (χ3v) is 4.03. The lowest BCUT2D eigenvalue weighted by Crippen LogP contribution is -2.25. The minimum Gasteiger partial charge on any atom is -0.507 e. The Balaban J connectivity index is 2.08. The smallest absolute Gasteiger partial charge is 0.191 e. The summed E-state index contributed by atoms with van der Waals surface area (Å²) < 4.78 is 0. The second-order valence-electron chi connectivity index (χ2n) is 4.84. The first-order chi connectivity index (χ1) is 10.9. The Labute approximate surface area is 150 Å². The molecule has 0 aliphatic rings. The molecule has 0 fully saturated rings. The lowest BCUT2D eigenvalue weighted by atomic mass is 10.1. The van der Waals surface area contributed by atoms with Gasteiger partial charge in [-0.25, -0.2) is 0 Å². The Bertz CT molecular complexity index is 778. The van der Waals surface area contributed by atoms with Crippen LogP contribution in [0.15, 0.2) is 41.5 Å². The van der Waals surface area contributed by atoms with Gasteiger partial charge in [0.05, 0.1) is 5.71 Å². The average molecular weight is 368 g/mol. The number of hydrogen-bond acceptors (Lipinski definition) is 3. The number of rotatable bonds is 3. The predicted octanol–water partition coefficient (Wildman–Crippen LogP) is 4.72. The van der Waals surface area contributed by atoms with Crippen LogP contribution in [0.5, 0.6) is 5.75 Å². The Hall–Kier alpha value is -1.82. The number of phenols is 1. The molecule has 120 valence electrons. The zero-order valence-electron chi connectivity index (χ0n) is 12.5. The maximum absolute atomic E-state index is 9.84. The molecule has 0 aliphatic carbocycles. The number of halogens is 2. The van der Waals surface area contributed by atoms with Gasteiger partial charge >= 0.3 is 0 Å². The summed E-state index contributed by atoms with van der Waals surface area (Å²) in [6, 6.07) is 10.3. The van der Waals surface area contributed by atoms with Crippen molar-refractivity contribution in [3.8, 4) is 5.75 Å². The van der Waals surface area contributed by atoms with E-state index in [0.717, 1.165) is 11.3 Å². The molecule has 0 spiro atoms. The number of nitrogens with zero attached hydrogens (tertiary/aromatic N) is 1. The fourth-order valence-electron chi connectivity index (χ4n) is 1.89. The maximum Gasteiger partial charge on any atom is 0.191 e. The minimum atomic E-state index is 0.0991. The van der Waals surface area contributed by atoms with Crippen molar-refractivity contribution in [2.24, 2.45) is 5.10 Å². The summed E-state index contributed by atoms with van der Waals surface area (Å²) in [7, 11) is 0. The Morgan fingerprint density at radius 2 is 1.96 bits per heavy atom. The van der Waals surface area contributed by atoms with Gasteiger partial charge in [-0.05, 0) is 62.0 Å². The second kappa shape index (κ2) is 7.64. The molecule has 0 saturated heterocycles. The quantitative estimate of drug-likeness (QED) is 0.417. The summed E-state index contributed by atoms with van der Waals surface area (Å²) in [6.07, 6.45) is 0. The summed E-state index contributed by atoms with van der Waals surface area (Å²) in [5.74, 6) is 0.0991. The van der Waals surface area contributed by atoms with Crippen LogP contribution in [0.25, 0.3) is 0 Å². The standard InChI is InChI=1S/C16H15Cl2N3OS/c1-9-13(18)4-3-5-14(9)19-16(23)21-20-10(2)12-8-11(17)6-7-15(12)22/h3-8,22H,1-2H3,(H2,19,21,23)/b20-10+. The molecule has 4 nitrogen and oxygen atoms in total. The number of hydrogen-bond donors (Lipinski definition) is 3. The van der Waals surface area contributed by atoms with Crippen molar-refractivity contribution in [1.29, 1.82) is 0 Å². The van der Waals surface area contributed by atoms with Crippen LogP contribution in [-0.4, -0.2) is 15.9 Å². The first kappa shape index (κ1) is 17.5. The molecule has 2 rings (SSSR count). The van der Waals surface area contributed by atoms with Gasteiger partial charge in [-0.2, -0.15) is 5.10 Å². The number of nitrogens with one attached hydrogen (secondary N) is 2. The lowest BCUT2D eigenvalue weighted by Gasteiger charge is -2.11. The molecule has 23 heavy (non-hydrogen) atoms. The Kier molecular flexibility index (Phi) is 5.82. The molecule has 0 saturated carbocycles. The van der Waals surface area contributed by atoms with Crippen molar-refractivity contribution in [2.45, 2.75) is 13.8 Å². The van der Waals surface area contributed by atoms with Crippen LogP contribution in [0.1, 0.15) is 18.1 Å². The molecule has 0 bridgehead atoms. The summed E-state index contributed by atoms with van der Waals surface area (Å²) in [5, 5.41) is 18.5. The molecule has 2 aromatic rings. The second-order valence-corrected chi connectivity index (χ2v) is 6.09. The van der Waals surface area contributed by atoms with E-state index in [1.54, 1.807) is 19.1 Å². The molecule has 0 heterocycles. The van der Waals surface area contributed by atoms with E-state index in [0.29, 0.717) is 26.4 Å². The van der Waals surface area contributed by atoms with E-state index in [-0.39, 0.29) is 5.75 Å². The van der Waals surface area contributed by atoms with E-state index in [1.165, 1.54) is 6.07 Å². The minimum absolute atomic E-state index is 0.0991. The fourth-order valence-corrected chi connectivity index (χ4v) is 2.39. The van der Waals surface area contributed by atoms with Crippen LogP contribution in [0.3, 0.4) is 0 Å². The third kappa shape index (κ3) is 4.58. The van der Waals surface area contributed by atoms with E-state index >= 15 is 0 Å². The van der Waals surface area contributed by atoms with Gasteiger partial charge < -0.3 is 10.4 Å². The van der Waals surface area contributed by atoms with Gasteiger partial charge in [-0.3, -0.25) is 5.43 Å². The maximum atomic E-state index is 9.84. The molecule has 0 atom stereocenters. The van der Waals surface area contributed by atoms with Gasteiger partial charge in [0.25, 0.3) is 0 Å². The normalized spacial score (nSPS) is 11.2. The van der Waals surface area contributed by atoms with Gasteiger partial charge in [-0.1, -0.05) is 29.3 Å². The van der Waals surface area contributed by atoms with Crippen LogP contribution in [0.4, 0.5) is 5.69 Å². The van der Waals surface area contributed by atoms with Crippen molar-refractivity contribution >= 4 is 51.9 Å². The number of benzene rings is 2. The van der Waals surface area contributed by atoms with Crippen LogP contribution in [-0.2, 0) is 0 Å². The van der Waals surface area contributed by atoms with Crippen LogP contribution in [0, 0.1) is 6.92 Å². The highest BCUT2D eigenvalue weighted by Crippen LogP contribution is 2.23. The summed E-state index contributed by atoms with van der Waals surface area (Å²) in [6.45, 7) is 3.64. The Morgan fingerprint density at radius 3 is 2.70 bits per heavy atom. The van der Waals surface area contributed by atoms with Crippen LogP contribution in [0.2, 0.25) is 10.0 Å². The zero-order valence-corrected chi connectivity index (χ0v) is 14.9. The van der Waals surface area contributed by atoms with E-state index in [1.807, 2.05) is 25.1 Å². The van der Waals surface area contributed by atoms with E-state index in [9.17, 15) is 5.11 Å². The molecule has 0 aliphatic heterocycles. The van der Waals surface area contributed by atoms with Gasteiger partial charge in [-0.15, -0.1) is 0 Å². The predicted molar refractivity (Wildman–Crippen MR) is 101 cm³/mol. The number of aromatic hydroxyl groups is 1. The molecule has 0 amide bonds. The first-order valence-corrected chi connectivity index (χ1v) is 7.90. The van der Waals surface area contributed by atoms with Crippen molar-refractivity contribution < 1.29 is 5.11 Å². The average Bonchev–Trinajstić information content (AvgIpc) is 2.52. The highest BCUT2D eigenvalue weighted by molar-refractivity contribution is 7.80. The molecular formula is C16H15Cl2N3OS. The molecule has 2 aromatic carbocycles. The number of phenolic OH excluding ortho intramolecular Hbond substituents is 1. The molecule has 0 unspecified atom stereocenters. The Morgan fingerprint density at radius 1 is 1.22 bits per heavy atom. The number of thiocarbonyl (C=S) groups is 1. The fraction of sp³-hybridized carbons (Fsp3) is 0.125. The highest BCUT2D eigenvalue weighted by atomic mass is 35.5. The molecular weight excluding hydrogens is 353 g/mol. The number of hydrazone groups is 1. The molecule has 3 N–H and O–H groups in total. The van der Waals surface area contributed by atoms with Crippen molar-refractivity contribution in [3.05, 3.63) is 57.6 Å². The summed E-state index contributed by atoms with van der Waals surface area (Å²) >= 11 is 17.2. The zero-order chi connectivity index (χ0) is 17.0. The molecule has 0 radical (unpaired) electrons. The summed E-state index contributed by atoms with van der Waals surface area (Å²) in [4.78, 5) is 0. The van der Waals surface area contributed by atoms with Crippen molar-refractivity contribution in [1.82, 2.24) is 5.43 Å². The third-order valence-electron chi connectivity index (χ3n) is 3.19. The largest absolute Gasteiger partial charge is 0.507 e. The van der Waals surface area contributed by atoms with Gasteiger partial charge in [0, 0.05) is 21.3 Å². The topological polar surface area (TPSA) is 56.7 Å².